The largest absolute Gasteiger partial charge is 0.489 e. The number of hydrogen-bond acceptors (Lipinski definition) is 3. The van der Waals surface area contributed by atoms with Crippen LogP contribution in [0.25, 0.3) is 11.0 Å². The van der Waals surface area contributed by atoms with Crippen molar-refractivity contribution in [2.24, 2.45) is 0 Å². The predicted molar refractivity (Wildman–Crippen MR) is 87.7 cm³/mol. The molecule has 0 aliphatic carbocycles. The van der Waals surface area contributed by atoms with Crippen molar-refractivity contribution in [3.05, 3.63) is 58.8 Å². The molecule has 1 atom stereocenters. The summed E-state index contributed by atoms with van der Waals surface area (Å²) in [5.41, 5.74) is 1.88. The Balaban J connectivity index is 1.64. The fourth-order valence-electron chi connectivity index (χ4n) is 2.21. The highest BCUT2D eigenvalue weighted by Gasteiger charge is 2.10. The monoisotopic (exact) mass is 336 g/mol. The van der Waals surface area contributed by atoms with Crippen LogP contribution in [0.15, 0.2) is 48.8 Å². The van der Waals surface area contributed by atoms with Crippen LogP contribution in [0, 0.1) is 0 Å². The molecule has 0 fully saturated rings. The summed E-state index contributed by atoms with van der Waals surface area (Å²) >= 11 is 11.9. The van der Waals surface area contributed by atoms with E-state index in [1.54, 1.807) is 24.5 Å². The Morgan fingerprint density at radius 2 is 2.00 bits per heavy atom. The molecular formula is C16H14Cl2N2O2. The Morgan fingerprint density at radius 1 is 1.18 bits per heavy atom. The van der Waals surface area contributed by atoms with Gasteiger partial charge in [0.1, 0.15) is 18.5 Å². The van der Waals surface area contributed by atoms with Crippen LogP contribution in [0.3, 0.4) is 0 Å². The van der Waals surface area contributed by atoms with Crippen molar-refractivity contribution in [3.8, 4) is 5.75 Å². The molecule has 114 valence electrons. The van der Waals surface area contributed by atoms with Gasteiger partial charge in [0.25, 0.3) is 0 Å². The van der Waals surface area contributed by atoms with Crippen LogP contribution in [0.2, 0.25) is 10.0 Å². The van der Waals surface area contributed by atoms with Crippen LogP contribution in [0.1, 0.15) is 0 Å². The topological polar surface area (TPSA) is 47.3 Å². The lowest BCUT2D eigenvalue weighted by Crippen LogP contribution is -2.23. The van der Waals surface area contributed by atoms with Gasteiger partial charge >= 0.3 is 0 Å². The standard InChI is InChI=1S/C16H14Cl2N2O2/c17-11-5-6-16(13(18)7-11)22-9-12(21)8-20-10-19-14-3-1-2-4-15(14)20/h1-7,10,12,21H,8-9H2. The summed E-state index contributed by atoms with van der Waals surface area (Å²) in [6, 6.07) is 12.8. The van der Waals surface area contributed by atoms with E-state index in [0.29, 0.717) is 22.3 Å². The maximum Gasteiger partial charge on any atom is 0.138 e. The molecule has 4 nitrogen and oxygen atoms in total. The van der Waals surface area contributed by atoms with Gasteiger partial charge in [0.2, 0.25) is 0 Å². The van der Waals surface area contributed by atoms with Crippen LogP contribution in [0.5, 0.6) is 5.75 Å². The minimum absolute atomic E-state index is 0.133. The van der Waals surface area contributed by atoms with E-state index in [1.807, 2.05) is 28.8 Å². The number of rotatable bonds is 5. The lowest BCUT2D eigenvalue weighted by Gasteiger charge is -2.14. The van der Waals surface area contributed by atoms with Gasteiger partial charge in [-0.05, 0) is 30.3 Å². The molecular weight excluding hydrogens is 323 g/mol. The number of fused-ring (bicyclic) bond motifs is 1. The normalized spacial score (nSPS) is 12.5. The minimum Gasteiger partial charge on any atom is -0.489 e. The maximum atomic E-state index is 10.1. The molecule has 0 aliphatic rings. The first-order valence-corrected chi connectivity index (χ1v) is 7.55. The number of benzene rings is 2. The fraction of sp³-hybridized carbons (Fsp3) is 0.188. The Morgan fingerprint density at radius 3 is 2.82 bits per heavy atom. The predicted octanol–water partition coefficient (Wildman–Crippen LogP) is 3.78. The van der Waals surface area contributed by atoms with E-state index in [-0.39, 0.29) is 6.61 Å². The third-order valence-electron chi connectivity index (χ3n) is 3.26. The number of para-hydroxylation sites is 2. The lowest BCUT2D eigenvalue weighted by molar-refractivity contribution is 0.0935. The number of aliphatic hydroxyl groups excluding tert-OH is 1. The summed E-state index contributed by atoms with van der Waals surface area (Å²) in [5.74, 6) is 0.501. The second kappa shape index (κ2) is 6.57. The van der Waals surface area contributed by atoms with Gasteiger partial charge in [0, 0.05) is 5.02 Å². The Labute approximate surface area is 137 Å². The number of hydrogen-bond donors (Lipinski definition) is 1. The molecule has 1 heterocycles. The summed E-state index contributed by atoms with van der Waals surface area (Å²) in [6.45, 7) is 0.527. The van der Waals surface area contributed by atoms with Gasteiger partial charge in [-0.15, -0.1) is 0 Å². The van der Waals surface area contributed by atoms with Crippen LogP contribution in [0.4, 0.5) is 0 Å². The van der Waals surface area contributed by atoms with Gasteiger partial charge in [-0.25, -0.2) is 4.98 Å². The van der Waals surface area contributed by atoms with Crippen molar-refractivity contribution in [3.63, 3.8) is 0 Å². The zero-order valence-electron chi connectivity index (χ0n) is 11.6. The van der Waals surface area contributed by atoms with Crippen LogP contribution in [-0.4, -0.2) is 27.4 Å². The van der Waals surface area contributed by atoms with Gasteiger partial charge in [0.05, 0.1) is 28.9 Å². The molecule has 3 aromatic rings. The molecule has 6 heteroatoms. The number of imidazole rings is 1. The van der Waals surface area contributed by atoms with Gasteiger partial charge < -0.3 is 14.4 Å². The Kier molecular flexibility index (Phi) is 4.52. The summed E-state index contributed by atoms with van der Waals surface area (Å²) in [5, 5.41) is 11.1. The SMILES string of the molecule is OC(COc1ccc(Cl)cc1Cl)Cn1cnc2ccccc21. The van der Waals surface area contributed by atoms with Crippen molar-refractivity contribution in [1.29, 1.82) is 0 Å². The summed E-state index contributed by atoms with van der Waals surface area (Å²) in [7, 11) is 0. The van der Waals surface area contributed by atoms with E-state index in [4.69, 9.17) is 27.9 Å². The molecule has 3 rings (SSSR count). The summed E-state index contributed by atoms with van der Waals surface area (Å²) < 4.78 is 7.44. The first kappa shape index (κ1) is 15.2. The second-order valence-electron chi connectivity index (χ2n) is 4.93. The highest BCUT2D eigenvalue weighted by atomic mass is 35.5. The van der Waals surface area contributed by atoms with E-state index < -0.39 is 6.10 Å². The van der Waals surface area contributed by atoms with Gasteiger partial charge in [-0.3, -0.25) is 0 Å². The van der Waals surface area contributed by atoms with E-state index in [0.717, 1.165) is 11.0 Å². The third kappa shape index (κ3) is 3.35. The molecule has 1 unspecified atom stereocenters. The second-order valence-corrected chi connectivity index (χ2v) is 5.77. The first-order valence-electron chi connectivity index (χ1n) is 6.79. The van der Waals surface area contributed by atoms with Gasteiger partial charge in [0.15, 0.2) is 0 Å². The number of halogens is 2. The molecule has 0 bridgehead atoms. The molecule has 1 N–H and O–H groups in total. The van der Waals surface area contributed by atoms with Crippen molar-refractivity contribution < 1.29 is 9.84 Å². The molecule has 22 heavy (non-hydrogen) atoms. The van der Waals surface area contributed by atoms with Gasteiger partial charge in [-0.1, -0.05) is 35.3 Å². The lowest BCUT2D eigenvalue weighted by atomic mass is 10.3. The molecule has 2 aromatic carbocycles. The van der Waals surface area contributed by atoms with Gasteiger partial charge in [-0.2, -0.15) is 0 Å². The highest BCUT2D eigenvalue weighted by molar-refractivity contribution is 6.35. The Hall–Kier alpha value is -1.75. The molecule has 0 amide bonds. The molecule has 0 spiro atoms. The molecule has 1 aromatic heterocycles. The number of nitrogens with zero attached hydrogens (tertiary/aromatic N) is 2. The van der Waals surface area contributed by atoms with Crippen molar-refractivity contribution in [2.75, 3.05) is 6.61 Å². The van der Waals surface area contributed by atoms with E-state index in [1.165, 1.54) is 0 Å². The average Bonchev–Trinajstić information content (AvgIpc) is 2.90. The van der Waals surface area contributed by atoms with E-state index in [2.05, 4.69) is 4.98 Å². The molecule has 0 radical (unpaired) electrons. The molecule has 0 saturated carbocycles. The fourth-order valence-corrected chi connectivity index (χ4v) is 2.68. The number of ether oxygens (including phenoxy) is 1. The maximum absolute atomic E-state index is 10.1. The number of aromatic nitrogens is 2. The van der Waals surface area contributed by atoms with Crippen molar-refractivity contribution in [1.82, 2.24) is 9.55 Å². The van der Waals surface area contributed by atoms with Crippen LogP contribution in [-0.2, 0) is 6.54 Å². The van der Waals surface area contributed by atoms with Crippen LogP contribution >= 0.6 is 23.2 Å². The number of aliphatic hydroxyl groups is 1. The Bertz CT molecular complexity index is 789. The van der Waals surface area contributed by atoms with E-state index >= 15 is 0 Å². The highest BCUT2D eigenvalue weighted by Crippen LogP contribution is 2.27. The van der Waals surface area contributed by atoms with E-state index in [9.17, 15) is 5.11 Å². The average molecular weight is 337 g/mol. The minimum atomic E-state index is -0.677. The summed E-state index contributed by atoms with van der Waals surface area (Å²) in [4.78, 5) is 4.29. The molecule has 0 saturated heterocycles. The van der Waals surface area contributed by atoms with Crippen molar-refractivity contribution in [2.45, 2.75) is 12.6 Å². The first-order chi connectivity index (χ1) is 10.6. The zero-order valence-corrected chi connectivity index (χ0v) is 13.1. The third-order valence-corrected chi connectivity index (χ3v) is 3.79. The smallest absolute Gasteiger partial charge is 0.138 e. The molecule has 0 aliphatic heterocycles. The summed E-state index contributed by atoms with van der Waals surface area (Å²) in [6.07, 6.45) is 1.03. The quantitative estimate of drug-likeness (QED) is 0.771. The zero-order chi connectivity index (χ0) is 15.5. The van der Waals surface area contributed by atoms with Crippen LogP contribution < -0.4 is 4.74 Å². The van der Waals surface area contributed by atoms with Crippen molar-refractivity contribution >= 4 is 34.2 Å².